The standard InChI is InChI=1S/C14H17ClN4O/c1-3-6-17-12-8-13(19-14(16)18-12)20-10-4-5-11(15)9(2)7-10/h4-5,7-8H,3,6H2,1-2H3,(H3,16,17,18,19). The lowest BCUT2D eigenvalue weighted by Gasteiger charge is -2.09. The van der Waals surface area contributed by atoms with Crippen LogP contribution in [0.2, 0.25) is 5.02 Å². The van der Waals surface area contributed by atoms with Gasteiger partial charge in [-0.1, -0.05) is 18.5 Å². The van der Waals surface area contributed by atoms with Gasteiger partial charge in [0.1, 0.15) is 11.6 Å². The van der Waals surface area contributed by atoms with Gasteiger partial charge in [0.25, 0.3) is 0 Å². The average molecular weight is 293 g/mol. The van der Waals surface area contributed by atoms with Gasteiger partial charge in [-0.15, -0.1) is 0 Å². The zero-order valence-corrected chi connectivity index (χ0v) is 12.2. The molecule has 0 radical (unpaired) electrons. The number of nitrogens with two attached hydrogens (primary N) is 1. The molecular weight excluding hydrogens is 276 g/mol. The molecule has 0 fully saturated rings. The second-order valence-electron chi connectivity index (χ2n) is 4.39. The van der Waals surface area contributed by atoms with E-state index in [1.54, 1.807) is 18.2 Å². The molecule has 0 saturated heterocycles. The molecule has 0 aliphatic heterocycles. The molecule has 5 nitrogen and oxygen atoms in total. The summed E-state index contributed by atoms with van der Waals surface area (Å²) in [6.07, 6.45) is 0.997. The lowest BCUT2D eigenvalue weighted by Crippen LogP contribution is -2.05. The maximum absolute atomic E-state index is 5.98. The van der Waals surface area contributed by atoms with Crippen LogP contribution in [0.5, 0.6) is 11.6 Å². The molecule has 1 aromatic heterocycles. The largest absolute Gasteiger partial charge is 0.439 e. The van der Waals surface area contributed by atoms with Gasteiger partial charge < -0.3 is 15.8 Å². The molecule has 0 spiro atoms. The molecule has 0 aliphatic rings. The van der Waals surface area contributed by atoms with Crippen molar-refractivity contribution < 1.29 is 4.74 Å². The molecule has 20 heavy (non-hydrogen) atoms. The van der Waals surface area contributed by atoms with Crippen LogP contribution >= 0.6 is 11.6 Å². The molecule has 0 saturated carbocycles. The fourth-order valence-corrected chi connectivity index (χ4v) is 1.76. The fourth-order valence-electron chi connectivity index (χ4n) is 1.64. The van der Waals surface area contributed by atoms with E-state index in [9.17, 15) is 0 Å². The molecule has 1 heterocycles. The molecule has 0 aliphatic carbocycles. The van der Waals surface area contributed by atoms with E-state index in [1.807, 2.05) is 13.0 Å². The molecule has 2 aromatic rings. The minimum absolute atomic E-state index is 0.173. The van der Waals surface area contributed by atoms with Crippen LogP contribution < -0.4 is 15.8 Å². The Kier molecular flexibility index (Phi) is 4.63. The molecule has 106 valence electrons. The van der Waals surface area contributed by atoms with Crippen LogP contribution in [-0.4, -0.2) is 16.5 Å². The third kappa shape index (κ3) is 3.74. The van der Waals surface area contributed by atoms with Gasteiger partial charge in [0.05, 0.1) is 0 Å². The number of nitrogens with zero attached hydrogens (tertiary/aromatic N) is 2. The first-order chi connectivity index (χ1) is 9.58. The van der Waals surface area contributed by atoms with Gasteiger partial charge in [-0.3, -0.25) is 0 Å². The van der Waals surface area contributed by atoms with Gasteiger partial charge in [0.15, 0.2) is 0 Å². The van der Waals surface area contributed by atoms with Crippen molar-refractivity contribution in [2.75, 3.05) is 17.6 Å². The SMILES string of the molecule is CCCNc1cc(Oc2ccc(Cl)c(C)c2)nc(N)n1. The van der Waals surface area contributed by atoms with Gasteiger partial charge >= 0.3 is 0 Å². The van der Waals surface area contributed by atoms with Crippen molar-refractivity contribution in [3.05, 3.63) is 34.9 Å². The maximum atomic E-state index is 5.98. The Morgan fingerprint density at radius 1 is 1.30 bits per heavy atom. The number of hydrogen-bond acceptors (Lipinski definition) is 5. The number of anilines is 2. The van der Waals surface area contributed by atoms with E-state index >= 15 is 0 Å². The fraction of sp³-hybridized carbons (Fsp3) is 0.286. The molecule has 6 heteroatoms. The Morgan fingerprint density at radius 2 is 2.10 bits per heavy atom. The summed E-state index contributed by atoms with van der Waals surface area (Å²) in [5.74, 6) is 1.89. The van der Waals surface area contributed by atoms with Gasteiger partial charge in [-0.25, -0.2) is 0 Å². The van der Waals surface area contributed by atoms with Crippen molar-refractivity contribution in [1.82, 2.24) is 9.97 Å². The number of hydrogen-bond donors (Lipinski definition) is 2. The third-order valence-corrected chi connectivity index (χ3v) is 3.05. The minimum Gasteiger partial charge on any atom is -0.439 e. The number of halogens is 1. The van der Waals surface area contributed by atoms with Crippen LogP contribution in [0, 0.1) is 6.92 Å². The second kappa shape index (κ2) is 6.43. The summed E-state index contributed by atoms with van der Waals surface area (Å²) in [5.41, 5.74) is 6.62. The van der Waals surface area contributed by atoms with E-state index in [-0.39, 0.29) is 5.95 Å². The van der Waals surface area contributed by atoms with Crippen LogP contribution in [-0.2, 0) is 0 Å². The zero-order valence-electron chi connectivity index (χ0n) is 11.5. The van der Waals surface area contributed by atoms with Crippen molar-refractivity contribution in [3.63, 3.8) is 0 Å². The third-order valence-electron chi connectivity index (χ3n) is 2.63. The molecule has 2 rings (SSSR count). The van der Waals surface area contributed by atoms with E-state index in [4.69, 9.17) is 22.1 Å². The normalized spacial score (nSPS) is 10.3. The summed E-state index contributed by atoms with van der Waals surface area (Å²) in [5, 5.41) is 3.85. The van der Waals surface area contributed by atoms with Crippen LogP contribution in [0.1, 0.15) is 18.9 Å². The predicted octanol–water partition coefficient (Wildman–Crippen LogP) is 3.63. The highest BCUT2D eigenvalue weighted by Gasteiger charge is 2.05. The van der Waals surface area contributed by atoms with Crippen molar-refractivity contribution in [2.24, 2.45) is 0 Å². The van der Waals surface area contributed by atoms with Crippen molar-refractivity contribution in [1.29, 1.82) is 0 Å². The Balaban J connectivity index is 2.19. The first-order valence-electron chi connectivity index (χ1n) is 6.41. The minimum atomic E-state index is 0.173. The van der Waals surface area contributed by atoms with E-state index in [0.29, 0.717) is 22.5 Å². The number of ether oxygens (including phenoxy) is 1. The Morgan fingerprint density at radius 3 is 2.80 bits per heavy atom. The topological polar surface area (TPSA) is 73.1 Å². The smallest absolute Gasteiger partial charge is 0.226 e. The number of nitrogen functional groups attached to an aromatic ring is 1. The van der Waals surface area contributed by atoms with Gasteiger partial charge in [-0.05, 0) is 37.1 Å². The molecule has 3 N–H and O–H groups in total. The summed E-state index contributed by atoms with van der Waals surface area (Å²) in [6.45, 7) is 4.80. The van der Waals surface area contributed by atoms with Crippen LogP contribution in [0.25, 0.3) is 0 Å². The van der Waals surface area contributed by atoms with Crippen molar-refractivity contribution in [2.45, 2.75) is 20.3 Å². The van der Waals surface area contributed by atoms with E-state index in [1.165, 1.54) is 0 Å². The van der Waals surface area contributed by atoms with Gasteiger partial charge in [0, 0.05) is 17.6 Å². The number of benzene rings is 1. The second-order valence-corrected chi connectivity index (χ2v) is 4.80. The van der Waals surface area contributed by atoms with Crippen LogP contribution in [0.3, 0.4) is 0 Å². The Labute approximate surface area is 123 Å². The summed E-state index contributed by atoms with van der Waals surface area (Å²) < 4.78 is 5.69. The van der Waals surface area contributed by atoms with Crippen LogP contribution in [0.15, 0.2) is 24.3 Å². The molecule has 0 unspecified atom stereocenters. The Bertz CT molecular complexity index is 604. The van der Waals surface area contributed by atoms with E-state index < -0.39 is 0 Å². The monoisotopic (exact) mass is 292 g/mol. The number of rotatable bonds is 5. The highest BCUT2D eigenvalue weighted by atomic mass is 35.5. The quantitative estimate of drug-likeness (QED) is 0.880. The molecule has 0 atom stereocenters. The molecule has 1 aromatic carbocycles. The first kappa shape index (κ1) is 14.4. The number of aryl methyl sites for hydroxylation is 1. The maximum Gasteiger partial charge on any atom is 0.226 e. The van der Waals surface area contributed by atoms with Crippen molar-refractivity contribution in [3.8, 4) is 11.6 Å². The zero-order chi connectivity index (χ0) is 14.5. The van der Waals surface area contributed by atoms with Gasteiger partial charge in [-0.2, -0.15) is 9.97 Å². The van der Waals surface area contributed by atoms with E-state index in [2.05, 4.69) is 22.2 Å². The average Bonchev–Trinajstić information content (AvgIpc) is 2.40. The predicted molar refractivity (Wildman–Crippen MR) is 81.5 cm³/mol. The lowest BCUT2D eigenvalue weighted by molar-refractivity contribution is 0.462. The number of nitrogens with one attached hydrogen (secondary N) is 1. The molecular formula is C14H17ClN4O. The van der Waals surface area contributed by atoms with Crippen LogP contribution in [0.4, 0.5) is 11.8 Å². The molecule has 0 bridgehead atoms. The van der Waals surface area contributed by atoms with Gasteiger partial charge in [0.2, 0.25) is 11.8 Å². The van der Waals surface area contributed by atoms with Crippen molar-refractivity contribution >= 4 is 23.4 Å². The molecule has 0 amide bonds. The lowest BCUT2D eigenvalue weighted by atomic mass is 10.2. The Hall–Kier alpha value is -2.01. The number of aromatic nitrogens is 2. The summed E-state index contributed by atoms with van der Waals surface area (Å²) in [6, 6.07) is 7.13. The first-order valence-corrected chi connectivity index (χ1v) is 6.78. The van der Waals surface area contributed by atoms with E-state index in [0.717, 1.165) is 18.5 Å². The summed E-state index contributed by atoms with van der Waals surface area (Å²) in [4.78, 5) is 8.16. The highest BCUT2D eigenvalue weighted by Crippen LogP contribution is 2.26. The summed E-state index contributed by atoms with van der Waals surface area (Å²) >= 11 is 5.98. The summed E-state index contributed by atoms with van der Waals surface area (Å²) in [7, 11) is 0. The highest BCUT2D eigenvalue weighted by molar-refractivity contribution is 6.31.